The molecule has 2 amide bonds. The van der Waals surface area contributed by atoms with E-state index in [0.717, 1.165) is 43.8 Å². The summed E-state index contributed by atoms with van der Waals surface area (Å²) in [6, 6.07) is 11.0. The van der Waals surface area contributed by atoms with Crippen molar-refractivity contribution in [2.45, 2.75) is 38.7 Å². The van der Waals surface area contributed by atoms with Gasteiger partial charge in [-0.1, -0.05) is 18.2 Å². The molecule has 3 aromatic rings. The van der Waals surface area contributed by atoms with Gasteiger partial charge >= 0.3 is 0 Å². The third-order valence-corrected chi connectivity index (χ3v) is 7.42. The molecular formula is C27H31FN4O4S. The summed E-state index contributed by atoms with van der Waals surface area (Å²) in [6.45, 7) is 5.25. The summed E-state index contributed by atoms with van der Waals surface area (Å²) in [5, 5.41) is 16.5. The first-order valence-electron chi connectivity index (χ1n) is 12.2. The summed E-state index contributed by atoms with van der Waals surface area (Å²) >= 11 is 1.14. The van der Waals surface area contributed by atoms with Gasteiger partial charge < -0.3 is 26.2 Å². The van der Waals surface area contributed by atoms with Gasteiger partial charge in [0.15, 0.2) is 0 Å². The summed E-state index contributed by atoms with van der Waals surface area (Å²) in [5.74, 6) is -0.592. The zero-order valence-corrected chi connectivity index (χ0v) is 21.7. The molecule has 3 heterocycles. The van der Waals surface area contributed by atoms with Gasteiger partial charge in [0, 0.05) is 30.2 Å². The van der Waals surface area contributed by atoms with Crippen LogP contribution in [0, 0.1) is 11.7 Å². The van der Waals surface area contributed by atoms with E-state index in [-0.39, 0.29) is 22.7 Å². The van der Waals surface area contributed by atoms with E-state index < -0.39 is 17.3 Å². The van der Waals surface area contributed by atoms with Crippen LogP contribution >= 0.6 is 11.3 Å². The van der Waals surface area contributed by atoms with Crippen molar-refractivity contribution in [1.29, 1.82) is 0 Å². The van der Waals surface area contributed by atoms with Crippen LogP contribution in [0.25, 0.3) is 10.4 Å². The normalized spacial score (nSPS) is 14.4. The van der Waals surface area contributed by atoms with Gasteiger partial charge in [-0.05, 0) is 68.9 Å². The Morgan fingerprint density at radius 3 is 2.65 bits per heavy atom. The van der Waals surface area contributed by atoms with Crippen molar-refractivity contribution in [3.8, 4) is 10.4 Å². The summed E-state index contributed by atoms with van der Waals surface area (Å²) in [4.78, 5) is 29.6. The number of ether oxygens (including phenoxy) is 1. The highest BCUT2D eigenvalue weighted by Crippen LogP contribution is 2.38. The van der Waals surface area contributed by atoms with Crippen molar-refractivity contribution >= 4 is 34.0 Å². The van der Waals surface area contributed by atoms with Gasteiger partial charge in [0.1, 0.15) is 22.3 Å². The van der Waals surface area contributed by atoms with Crippen LogP contribution in [-0.4, -0.2) is 41.7 Å². The van der Waals surface area contributed by atoms with E-state index in [1.165, 1.54) is 12.1 Å². The van der Waals surface area contributed by atoms with E-state index in [1.807, 2.05) is 0 Å². The molecule has 196 valence electrons. The molecule has 4 rings (SSSR count). The van der Waals surface area contributed by atoms with E-state index >= 15 is 0 Å². The molecule has 5 N–H and O–H groups in total. The molecule has 1 saturated heterocycles. The number of amides is 2. The van der Waals surface area contributed by atoms with E-state index in [1.54, 1.807) is 44.2 Å². The molecular weight excluding hydrogens is 495 g/mol. The number of benzene rings is 1. The molecule has 2 aromatic heterocycles. The minimum absolute atomic E-state index is 0.180. The Hall–Kier alpha value is -3.34. The Labute approximate surface area is 219 Å². The number of thiophene rings is 1. The van der Waals surface area contributed by atoms with Gasteiger partial charge in [-0.25, -0.2) is 9.37 Å². The van der Waals surface area contributed by atoms with Gasteiger partial charge in [-0.3, -0.25) is 9.59 Å². The number of nitrogens with one attached hydrogen (secondary N) is 2. The molecule has 1 aliphatic heterocycles. The van der Waals surface area contributed by atoms with Gasteiger partial charge in [0.05, 0.1) is 11.2 Å². The number of halogens is 1. The third-order valence-electron chi connectivity index (χ3n) is 6.34. The lowest BCUT2D eigenvalue weighted by molar-refractivity contribution is 0.0635. The predicted octanol–water partition coefficient (Wildman–Crippen LogP) is 4.57. The minimum Gasteiger partial charge on any atom is -0.386 e. The molecule has 37 heavy (non-hydrogen) atoms. The molecule has 0 aliphatic carbocycles. The maximum atomic E-state index is 14.9. The van der Waals surface area contributed by atoms with Crippen LogP contribution in [0.1, 0.15) is 59.5 Å². The maximum absolute atomic E-state index is 14.9. The summed E-state index contributed by atoms with van der Waals surface area (Å²) in [7, 11) is 0. The van der Waals surface area contributed by atoms with Crippen molar-refractivity contribution in [2.75, 3.05) is 25.1 Å². The fourth-order valence-corrected chi connectivity index (χ4v) is 5.25. The van der Waals surface area contributed by atoms with Crippen LogP contribution in [0.4, 0.5) is 15.2 Å². The van der Waals surface area contributed by atoms with Crippen LogP contribution in [-0.2, 0) is 10.3 Å². The lowest BCUT2D eigenvalue weighted by atomic mass is 9.96. The highest BCUT2D eigenvalue weighted by molar-refractivity contribution is 7.20. The van der Waals surface area contributed by atoms with Crippen molar-refractivity contribution in [1.82, 2.24) is 10.3 Å². The Bertz CT molecular complexity index is 1280. The molecule has 0 saturated carbocycles. The zero-order chi connectivity index (χ0) is 26.6. The van der Waals surface area contributed by atoms with Crippen molar-refractivity contribution in [3.63, 3.8) is 0 Å². The standard InChI is InChI=1S/C27H31FN4O4S/c1-27(2,35)17-6-7-18(20(28)14-17)22-15-19(24(29)33)26(37-22)32-23-5-3-4-21(31-23)25(34)30-11-8-16-9-12-36-13-10-16/h3-7,14-16,35H,8-13H2,1-2H3,(H2,29,33)(H,30,34)(H,31,32). The summed E-state index contributed by atoms with van der Waals surface area (Å²) in [5.41, 5.74) is 5.53. The lowest BCUT2D eigenvalue weighted by Gasteiger charge is -2.21. The quantitative estimate of drug-likeness (QED) is 0.324. The van der Waals surface area contributed by atoms with Crippen molar-refractivity contribution in [3.05, 3.63) is 65.1 Å². The zero-order valence-electron chi connectivity index (χ0n) is 20.8. The number of anilines is 2. The van der Waals surface area contributed by atoms with Crippen LogP contribution in [0.2, 0.25) is 0 Å². The number of rotatable bonds is 9. The van der Waals surface area contributed by atoms with Crippen LogP contribution in [0.3, 0.4) is 0 Å². The highest BCUT2D eigenvalue weighted by Gasteiger charge is 2.21. The topological polar surface area (TPSA) is 127 Å². The molecule has 0 unspecified atom stereocenters. The number of primary amides is 1. The van der Waals surface area contributed by atoms with Crippen LogP contribution < -0.4 is 16.4 Å². The first-order chi connectivity index (χ1) is 17.6. The van der Waals surface area contributed by atoms with Gasteiger partial charge in [0.2, 0.25) is 0 Å². The Kier molecular flexibility index (Phi) is 8.21. The number of hydrogen-bond acceptors (Lipinski definition) is 7. The number of carbonyl (C=O) groups excluding carboxylic acids is 2. The van der Waals surface area contributed by atoms with Crippen molar-refractivity contribution in [2.24, 2.45) is 11.7 Å². The number of nitrogens with zero attached hydrogens (tertiary/aromatic N) is 1. The highest BCUT2D eigenvalue weighted by atomic mass is 32.1. The number of hydrogen-bond donors (Lipinski definition) is 4. The maximum Gasteiger partial charge on any atom is 0.269 e. The second-order valence-electron chi connectivity index (χ2n) is 9.60. The molecule has 0 bridgehead atoms. The van der Waals surface area contributed by atoms with Crippen LogP contribution in [0.5, 0.6) is 0 Å². The average molecular weight is 527 g/mol. The van der Waals surface area contributed by atoms with Crippen LogP contribution in [0.15, 0.2) is 42.5 Å². The van der Waals surface area contributed by atoms with E-state index in [4.69, 9.17) is 10.5 Å². The van der Waals surface area contributed by atoms with E-state index in [9.17, 15) is 19.1 Å². The fraction of sp³-hybridized carbons (Fsp3) is 0.370. The lowest BCUT2D eigenvalue weighted by Crippen LogP contribution is -2.28. The second-order valence-corrected chi connectivity index (χ2v) is 10.7. The third kappa shape index (κ3) is 6.71. The summed E-state index contributed by atoms with van der Waals surface area (Å²) < 4.78 is 20.3. The molecule has 0 radical (unpaired) electrons. The molecule has 1 aromatic carbocycles. The SMILES string of the molecule is CC(C)(O)c1ccc(-c2cc(C(N)=O)c(Nc3cccc(C(=O)NCCC4CCOCC4)n3)s2)c(F)c1. The summed E-state index contributed by atoms with van der Waals surface area (Å²) in [6.07, 6.45) is 2.90. The predicted molar refractivity (Wildman–Crippen MR) is 141 cm³/mol. The molecule has 1 fully saturated rings. The number of carbonyl (C=O) groups is 2. The largest absolute Gasteiger partial charge is 0.386 e. The van der Waals surface area contributed by atoms with Gasteiger partial charge in [0.25, 0.3) is 11.8 Å². The second kappa shape index (κ2) is 11.4. The number of nitrogens with two attached hydrogens (primary N) is 1. The first-order valence-corrected chi connectivity index (χ1v) is 13.0. The fourth-order valence-electron chi connectivity index (χ4n) is 4.16. The smallest absolute Gasteiger partial charge is 0.269 e. The molecule has 8 nitrogen and oxygen atoms in total. The Morgan fingerprint density at radius 1 is 1.22 bits per heavy atom. The first kappa shape index (κ1) is 26.7. The van der Waals surface area contributed by atoms with E-state index in [2.05, 4.69) is 15.6 Å². The molecule has 10 heteroatoms. The Morgan fingerprint density at radius 2 is 1.97 bits per heavy atom. The monoisotopic (exact) mass is 526 g/mol. The number of pyridine rings is 1. The molecule has 0 spiro atoms. The molecule has 1 aliphatic rings. The van der Waals surface area contributed by atoms with E-state index in [0.29, 0.717) is 33.7 Å². The minimum atomic E-state index is -1.19. The van der Waals surface area contributed by atoms with Crippen molar-refractivity contribution < 1.29 is 23.8 Å². The Balaban J connectivity index is 1.49. The molecule has 0 atom stereocenters. The van der Waals surface area contributed by atoms with Gasteiger partial charge in [-0.15, -0.1) is 11.3 Å². The number of aromatic nitrogens is 1. The number of aliphatic hydroxyl groups is 1. The van der Waals surface area contributed by atoms with Gasteiger partial charge in [-0.2, -0.15) is 0 Å². The average Bonchev–Trinajstić information content (AvgIpc) is 3.28.